The Balaban J connectivity index is 1.57. The molecule has 0 bridgehead atoms. The Kier molecular flexibility index (Phi) is 5.51. The molecule has 1 aliphatic carbocycles. The summed E-state index contributed by atoms with van der Waals surface area (Å²) in [6, 6.07) is 2.21. The first-order chi connectivity index (χ1) is 8.24. The van der Waals surface area contributed by atoms with E-state index in [9.17, 15) is 0 Å². The molecule has 1 heterocycles. The molecule has 1 N–H and O–H groups in total. The Morgan fingerprint density at radius 3 is 2.76 bits per heavy atom. The van der Waals surface area contributed by atoms with Gasteiger partial charge in [0.2, 0.25) is 0 Å². The number of halogens is 1. The van der Waals surface area contributed by atoms with Crippen LogP contribution in [0.4, 0.5) is 0 Å². The van der Waals surface area contributed by atoms with E-state index in [1.54, 1.807) is 0 Å². The van der Waals surface area contributed by atoms with Gasteiger partial charge < -0.3 is 5.32 Å². The predicted molar refractivity (Wildman–Crippen MR) is 79.5 cm³/mol. The number of thiophene rings is 1. The lowest BCUT2D eigenvalue weighted by atomic mass is 9.81. The molecule has 0 amide bonds. The molecule has 0 unspecified atom stereocenters. The van der Waals surface area contributed by atoms with Crippen LogP contribution in [0.15, 0.2) is 15.9 Å². The van der Waals surface area contributed by atoms with Crippen LogP contribution in [0.5, 0.6) is 0 Å². The van der Waals surface area contributed by atoms with Gasteiger partial charge in [-0.1, -0.05) is 32.6 Å². The zero-order valence-electron chi connectivity index (χ0n) is 10.5. The van der Waals surface area contributed by atoms with Crippen molar-refractivity contribution in [3.05, 3.63) is 20.8 Å². The first-order valence-corrected chi connectivity index (χ1v) is 8.35. The van der Waals surface area contributed by atoms with E-state index in [-0.39, 0.29) is 0 Å². The Labute approximate surface area is 117 Å². The number of nitrogens with one attached hydrogen (secondary N) is 1. The monoisotopic (exact) mass is 315 g/mol. The second-order valence-electron chi connectivity index (χ2n) is 5.32. The van der Waals surface area contributed by atoms with Crippen molar-refractivity contribution in [3.8, 4) is 0 Å². The largest absolute Gasteiger partial charge is 0.312 e. The minimum atomic E-state index is 0.975. The summed E-state index contributed by atoms with van der Waals surface area (Å²) in [6.45, 7) is 4.59. The van der Waals surface area contributed by atoms with Crippen LogP contribution in [-0.2, 0) is 6.54 Å². The normalized spacial score (nSPS) is 25.1. The third-order valence-electron chi connectivity index (χ3n) is 3.79. The minimum Gasteiger partial charge on any atom is -0.312 e. The summed E-state index contributed by atoms with van der Waals surface area (Å²) in [5, 5.41) is 5.72. The summed E-state index contributed by atoms with van der Waals surface area (Å²) in [4.78, 5) is 1.43. The van der Waals surface area contributed by atoms with Crippen LogP contribution in [-0.4, -0.2) is 6.54 Å². The Morgan fingerprint density at radius 2 is 2.12 bits per heavy atom. The van der Waals surface area contributed by atoms with Crippen LogP contribution in [0.1, 0.15) is 43.9 Å². The fourth-order valence-corrected chi connectivity index (χ4v) is 4.00. The highest BCUT2D eigenvalue weighted by molar-refractivity contribution is 9.10. The van der Waals surface area contributed by atoms with Crippen molar-refractivity contribution in [1.82, 2.24) is 5.32 Å². The molecule has 0 aromatic carbocycles. The molecule has 1 fully saturated rings. The average molecular weight is 316 g/mol. The summed E-state index contributed by atoms with van der Waals surface area (Å²) in [5.74, 6) is 1.96. The summed E-state index contributed by atoms with van der Waals surface area (Å²) in [7, 11) is 0. The first-order valence-electron chi connectivity index (χ1n) is 6.67. The standard InChI is InChI=1S/C14H22BrNS/c1-11-2-4-12(5-3-11)6-7-16-9-14-8-13(15)10-17-14/h8,10-12,16H,2-7,9H2,1H3. The maximum Gasteiger partial charge on any atom is 0.0300 e. The van der Waals surface area contributed by atoms with E-state index in [1.807, 2.05) is 11.3 Å². The molecule has 0 saturated heterocycles. The zero-order valence-corrected chi connectivity index (χ0v) is 12.9. The van der Waals surface area contributed by atoms with Crippen LogP contribution in [0.3, 0.4) is 0 Å². The SMILES string of the molecule is CC1CCC(CCNCc2cc(Br)cs2)CC1. The van der Waals surface area contributed by atoms with E-state index < -0.39 is 0 Å². The quantitative estimate of drug-likeness (QED) is 0.768. The van der Waals surface area contributed by atoms with Gasteiger partial charge in [0.1, 0.15) is 0 Å². The van der Waals surface area contributed by atoms with Gasteiger partial charge in [-0.3, -0.25) is 0 Å². The van der Waals surface area contributed by atoms with Crippen LogP contribution in [0, 0.1) is 11.8 Å². The first kappa shape index (κ1) is 13.6. The van der Waals surface area contributed by atoms with Crippen LogP contribution in [0.2, 0.25) is 0 Å². The van der Waals surface area contributed by atoms with E-state index >= 15 is 0 Å². The van der Waals surface area contributed by atoms with E-state index in [4.69, 9.17) is 0 Å². The molecule has 0 aliphatic heterocycles. The van der Waals surface area contributed by atoms with Gasteiger partial charge in [0, 0.05) is 21.3 Å². The van der Waals surface area contributed by atoms with E-state index in [1.165, 1.54) is 48.0 Å². The third kappa shape index (κ3) is 4.72. The fourth-order valence-electron chi connectivity index (χ4n) is 2.58. The third-order valence-corrected chi connectivity index (χ3v) is 5.48. The molecule has 1 aromatic heterocycles. The van der Waals surface area contributed by atoms with Gasteiger partial charge in [-0.15, -0.1) is 11.3 Å². The minimum absolute atomic E-state index is 0.975. The summed E-state index contributed by atoms with van der Waals surface area (Å²) < 4.78 is 1.21. The number of hydrogen-bond acceptors (Lipinski definition) is 2. The highest BCUT2D eigenvalue weighted by Gasteiger charge is 2.17. The number of hydrogen-bond donors (Lipinski definition) is 1. The van der Waals surface area contributed by atoms with Crippen LogP contribution < -0.4 is 5.32 Å². The molecule has 2 rings (SSSR count). The van der Waals surface area contributed by atoms with Crippen molar-refractivity contribution in [2.24, 2.45) is 11.8 Å². The maximum atomic E-state index is 3.56. The van der Waals surface area contributed by atoms with Gasteiger partial charge in [0.05, 0.1) is 0 Å². The highest BCUT2D eigenvalue weighted by Crippen LogP contribution is 2.30. The Morgan fingerprint density at radius 1 is 1.35 bits per heavy atom. The molecule has 0 atom stereocenters. The molecule has 1 aliphatic rings. The molecular formula is C14H22BrNS. The second kappa shape index (κ2) is 6.91. The summed E-state index contributed by atoms with van der Waals surface area (Å²) in [5.41, 5.74) is 0. The van der Waals surface area contributed by atoms with E-state index in [0.717, 1.165) is 18.4 Å². The maximum absolute atomic E-state index is 3.56. The lowest BCUT2D eigenvalue weighted by Crippen LogP contribution is -2.20. The van der Waals surface area contributed by atoms with E-state index in [0.29, 0.717) is 0 Å². The molecule has 0 spiro atoms. The smallest absolute Gasteiger partial charge is 0.0300 e. The van der Waals surface area contributed by atoms with Gasteiger partial charge >= 0.3 is 0 Å². The fraction of sp³-hybridized carbons (Fsp3) is 0.714. The van der Waals surface area contributed by atoms with Crippen molar-refractivity contribution in [3.63, 3.8) is 0 Å². The molecule has 1 saturated carbocycles. The summed E-state index contributed by atoms with van der Waals surface area (Å²) in [6.07, 6.45) is 7.16. The molecule has 96 valence electrons. The lowest BCUT2D eigenvalue weighted by Gasteiger charge is -2.26. The van der Waals surface area contributed by atoms with Gasteiger partial charge in [-0.05, 0) is 46.8 Å². The molecule has 1 nitrogen and oxygen atoms in total. The van der Waals surface area contributed by atoms with E-state index in [2.05, 4.69) is 39.6 Å². The molecule has 3 heteroatoms. The van der Waals surface area contributed by atoms with Gasteiger partial charge in [-0.25, -0.2) is 0 Å². The van der Waals surface area contributed by atoms with Crippen LogP contribution in [0.25, 0.3) is 0 Å². The van der Waals surface area contributed by atoms with Crippen molar-refractivity contribution in [2.75, 3.05) is 6.54 Å². The number of rotatable bonds is 5. The van der Waals surface area contributed by atoms with Crippen molar-refractivity contribution >= 4 is 27.3 Å². The molecule has 17 heavy (non-hydrogen) atoms. The second-order valence-corrected chi connectivity index (χ2v) is 7.23. The average Bonchev–Trinajstić information content (AvgIpc) is 2.73. The highest BCUT2D eigenvalue weighted by atomic mass is 79.9. The van der Waals surface area contributed by atoms with Crippen LogP contribution >= 0.6 is 27.3 Å². The van der Waals surface area contributed by atoms with Crippen molar-refractivity contribution < 1.29 is 0 Å². The molecular weight excluding hydrogens is 294 g/mol. The van der Waals surface area contributed by atoms with Crippen molar-refractivity contribution in [2.45, 2.75) is 45.6 Å². The zero-order chi connectivity index (χ0) is 12.1. The van der Waals surface area contributed by atoms with Crippen molar-refractivity contribution in [1.29, 1.82) is 0 Å². The van der Waals surface area contributed by atoms with Gasteiger partial charge in [0.25, 0.3) is 0 Å². The van der Waals surface area contributed by atoms with Gasteiger partial charge in [0.15, 0.2) is 0 Å². The molecule has 1 aromatic rings. The predicted octanol–water partition coefficient (Wildman–Crippen LogP) is 4.82. The lowest BCUT2D eigenvalue weighted by molar-refractivity contribution is 0.275. The molecule has 0 radical (unpaired) electrons. The Bertz CT molecular complexity index is 329. The van der Waals surface area contributed by atoms with Gasteiger partial charge in [-0.2, -0.15) is 0 Å². The topological polar surface area (TPSA) is 12.0 Å². The Hall–Kier alpha value is 0.140. The summed E-state index contributed by atoms with van der Waals surface area (Å²) >= 11 is 5.32.